The minimum atomic E-state index is -0.00132. The van der Waals surface area contributed by atoms with Crippen molar-refractivity contribution in [1.29, 1.82) is 0 Å². The van der Waals surface area contributed by atoms with Gasteiger partial charge in [-0.05, 0) is 18.8 Å². The molecule has 1 aromatic heterocycles. The first kappa shape index (κ1) is 11.1. The second-order valence-corrected chi connectivity index (χ2v) is 4.47. The molecule has 0 saturated heterocycles. The molecule has 16 heavy (non-hydrogen) atoms. The van der Waals surface area contributed by atoms with Crippen LogP contribution in [0.25, 0.3) is 0 Å². The van der Waals surface area contributed by atoms with E-state index in [0.29, 0.717) is 5.92 Å². The van der Waals surface area contributed by atoms with Gasteiger partial charge in [0.25, 0.3) is 0 Å². The molecule has 1 aromatic rings. The van der Waals surface area contributed by atoms with Crippen LogP contribution in [0, 0.1) is 5.92 Å². The Morgan fingerprint density at radius 2 is 2.25 bits per heavy atom. The van der Waals surface area contributed by atoms with Crippen molar-refractivity contribution >= 4 is 5.91 Å². The first-order valence-corrected chi connectivity index (χ1v) is 5.90. The number of H-pyrrole nitrogens is 1. The van der Waals surface area contributed by atoms with Crippen LogP contribution in [0.1, 0.15) is 50.8 Å². The minimum absolute atomic E-state index is 0.00132. The SMILES string of the molecule is CC(=O)NC(c1cn[nH]n1)C1CCCCC1. The summed E-state index contributed by atoms with van der Waals surface area (Å²) in [6, 6.07) is 0.0246. The highest BCUT2D eigenvalue weighted by atomic mass is 16.1. The Balaban J connectivity index is 2.10. The van der Waals surface area contributed by atoms with E-state index < -0.39 is 0 Å². The van der Waals surface area contributed by atoms with Gasteiger partial charge < -0.3 is 5.32 Å². The number of carbonyl (C=O) groups is 1. The van der Waals surface area contributed by atoms with Crippen molar-refractivity contribution < 1.29 is 4.79 Å². The lowest BCUT2D eigenvalue weighted by Gasteiger charge is -2.29. The molecule has 2 rings (SSSR count). The molecule has 2 N–H and O–H groups in total. The topological polar surface area (TPSA) is 70.7 Å². The third kappa shape index (κ3) is 2.59. The minimum Gasteiger partial charge on any atom is -0.348 e. The summed E-state index contributed by atoms with van der Waals surface area (Å²) in [5.41, 5.74) is 0.849. The molecule has 1 fully saturated rings. The molecule has 0 bridgehead atoms. The molecular formula is C11H18N4O. The Bertz CT molecular complexity index is 330. The Morgan fingerprint density at radius 3 is 2.81 bits per heavy atom. The molecule has 1 amide bonds. The largest absolute Gasteiger partial charge is 0.348 e. The number of nitrogens with one attached hydrogen (secondary N) is 2. The number of amides is 1. The Labute approximate surface area is 95.0 Å². The fraction of sp³-hybridized carbons (Fsp3) is 0.727. The third-order valence-electron chi connectivity index (χ3n) is 3.23. The normalized spacial score (nSPS) is 19.3. The van der Waals surface area contributed by atoms with Gasteiger partial charge in [0.05, 0.1) is 12.2 Å². The standard InChI is InChI=1S/C11H18N4O/c1-8(16)13-11(10-7-12-15-14-10)9-5-3-2-4-6-9/h7,9,11H,2-6H2,1H3,(H,13,16)(H,12,14,15). The summed E-state index contributed by atoms with van der Waals surface area (Å²) in [5.74, 6) is 0.501. The monoisotopic (exact) mass is 222 g/mol. The summed E-state index contributed by atoms with van der Waals surface area (Å²) in [4.78, 5) is 11.2. The summed E-state index contributed by atoms with van der Waals surface area (Å²) in [5, 5.41) is 13.5. The van der Waals surface area contributed by atoms with Crippen molar-refractivity contribution in [1.82, 2.24) is 20.7 Å². The maximum absolute atomic E-state index is 11.2. The fourth-order valence-electron chi connectivity index (χ4n) is 2.48. The van der Waals surface area contributed by atoms with E-state index >= 15 is 0 Å². The van der Waals surface area contributed by atoms with Gasteiger partial charge in [0.15, 0.2) is 0 Å². The zero-order valence-electron chi connectivity index (χ0n) is 9.57. The summed E-state index contributed by atoms with van der Waals surface area (Å²) >= 11 is 0. The van der Waals surface area contributed by atoms with Crippen LogP contribution in [0.5, 0.6) is 0 Å². The predicted molar refractivity (Wildman–Crippen MR) is 59.5 cm³/mol. The molecule has 0 aliphatic heterocycles. The van der Waals surface area contributed by atoms with Crippen LogP contribution in [0.15, 0.2) is 6.20 Å². The number of aromatic amines is 1. The lowest BCUT2D eigenvalue weighted by Crippen LogP contribution is -2.33. The molecule has 0 spiro atoms. The van der Waals surface area contributed by atoms with Crippen LogP contribution in [-0.4, -0.2) is 21.3 Å². The maximum atomic E-state index is 11.2. The van der Waals surface area contributed by atoms with Gasteiger partial charge in [-0.25, -0.2) is 0 Å². The molecule has 1 heterocycles. The van der Waals surface area contributed by atoms with E-state index in [4.69, 9.17) is 0 Å². The first-order valence-electron chi connectivity index (χ1n) is 5.90. The molecular weight excluding hydrogens is 204 g/mol. The highest BCUT2D eigenvalue weighted by molar-refractivity contribution is 5.73. The molecule has 1 unspecified atom stereocenters. The van der Waals surface area contributed by atoms with Crippen LogP contribution in [0.3, 0.4) is 0 Å². The summed E-state index contributed by atoms with van der Waals surface area (Å²) in [6.45, 7) is 1.55. The van der Waals surface area contributed by atoms with Crippen molar-refractivity contribution in [2.45, 2.75) is 45.1 Å². The molecule has 1 aliphatic carbocycles. The molecule has 0 radical (unpaired) electrons. The van der Waals surface area contributed by atoms with Crippen LogP contribution >= 0.6 is 0 Å². The van der Waals surface area contributed by atoms with Crippen LogP contribution in [0.2, 0.25) is 0 Å². The van der Waals surface area contributed by atoms with Gasteiger partial charge in [-0.1, -0.05) is 19.3 Å². The van der Waals surface area contributed by atoms with E-state index in [-0.39, 0.29) is 11.9 Å². The molecule has 1 atom stereocenters. The maximum Gasteiger partial charge on any atom is 0.217 e. The van der Waals surface area contributed by atoms with Gasteiger partial charge in [-0.2, -0.15) is 15.4 Å². The zero-order chi connectivity index (χ0) is 11.4. The van der Waals surface area contributed by atoms with E-state index in [2.05, 4.69) is 20.7 Å². The molecule has 1 aliphatic rings. The summed E-state index contributed by atoms with van der Waals surface area (Å²) in [6.07, 6.45) is 7.84. The lowest BCUT2D eigenvalue weighted by atomic mass is 9.83. The van der Waals surface area contributed by atoms with E-state index in [1.165, 1.54) is 19.3 Å². The van der Waals surface area contributed by atoms with E-state index in [9.17, 15) is 4.79 Å². The Kier molecular flexibility index (Phi) is 3.54. The first-order chi connectivity index (χ1) is 7.77. The van der Waals surface area contributed by atoms with Crippen molar-refractivity contribution in [3.05, 3.63) is 11.9 Å². The molecule has 5 nitrogen and oxygen atoms in total. The Morgan fingerprint density at radius 1 is 1.50 bits per heavy atom. The van der Waals surface area contributed by atoms with Gasteiger partial charge in [0.1, 0.15) is 5.69 Å². The third-order valence-corrected chi connectivity index (χ3v) is 3.23. The van der Waals surface area contributed by atoms with Gasteiger partial charge in [0.2, 0.25) is 5.91 Å². The smallest absolute Gasteiger partial charge is 0.217 e. The average molecular weight is 222 g/mol. The number of hydrogen-bond donors (Lipinski definition) is 2. The fourth-order valence-corrected chi connectivity index (χ4v) is 2.48. The van der Waals surface area contributed by atoms with Crippen molar-refractivity contribution in [2.24, 2.45) is 5.92 Å². The number of hydrogen-bond acceptors (Lipinski definition) is 3. The van der Waals surface area contributed by atoms with Gasteiger partial charge >= 0.3 is 0 Å². The second-order valence-electron chi connectivity index (χ2n) is 4.47. The Hall–Kier alpha value is -1.39. The molecule has 88 valence electrons. The van der Waals surface area contributed by atoms with Gasteiger partial charge in [0, 0.05) is 6.92 Å². The number of carbonyl (C=O) groups excluding carboxylic acids is 1. The quantitative estimate of drug-likeness (QED) is 0.815. The van der Waals surface area contributed by atoms with Crippen molar-refractivity contribution in [2.75, 3.05) is 0 Å². The number of aromatic nitrogens is 3. The highest BCUT2D eigenvalue weighted by Crippen LogP contribution is 2.33. The molecule has 1 saturated carbocycles. The van der Waals surface area contributed by atoms with Crippen molar-refractivity contribution in [3.8, 4) is 0 Å². The lowest BCUT2D eigenvalue weighted by molar-refractivity contribution is -0.120. The molecule has 0 aromatic carbocycles. The average Bonchev–Trinajstić information content (AvgIpc) is 2.80. The zero-order valence-corrected chi connectivity index (χ0v) is 9.57. The van der Waals surface area contributed by atoms with Crippen LogP contribution < -0.4 is 5.32 Å². The summed E-state index contributed by atoms with van der Waals surface area (Å²) < 4.78 is 0. The van der Waals surface area contributed by atoms with Crippen LogP contribution in [0.4, 0.5) is 0 Å². The van der Waals surface area contributed by atoms with Gasteiger partial charge in [-0.15, -0.1) is 0 Å². The van der Waals surface area contributed by atoms with Crippen molar-refractivity contribution in [3.63, 3.8) is 0 Å². The number of rotatable bonds is 3. The summed E-state index contributed by atoms with van der Waals surface area (Å²) in [7, 11) is 0. The highest BCUT2D eigenvalue weighted by Gasteiger charge is 2.27. The van der Waals surface area contributed by atoms with E-state index in [0.717, 1.165) is 18.5 Å². The predicted octanol–water partition coefficient (Wildman–Crippen LogP) is 1.56. The number of nitrogens with zero attached hydrogens (tertiary/aromatic N) is 2. The molecule has 5 heteroatoms. The van der Waals surface area contributed by atoms with E-state index in [1.807, 2.05) is 0 Å². The second kappa shape index (κ2) is 5.09. The van der Waals surface area contributed by atoms with Gasteiger partial charge in [-0.3, -0.25) is 4.79 Å². The van der Waals surface area contributed by atoms with E-state index in [1.54, 1.807) is 13.1 Å². The van der Waals surface area contributed by atoms with Crippen LogP contribution in [-0.2, 0) is 4.79 Å².